The lowest BCUT2D eigenvalue weighted by Crippen LogP contribution is -2.11. The van der Waals surface area contributed by atoms with Gasteiger partial charge in [-0.25, -0.2) is 18.0 Å². The van der Waals surface area contributed by atoms with Gasteiger partial charge in [0.1, 0.15) is 23.2 Å². The molecule has 0 aliphatic heterocycles. The Morgan fingerprint density at radius 1 is 0.842 bits per heavy atom. The average molecular weight is 515 g/mol. The Morgan fingerprint density at radius 2 is 1.50 bits per heavy atom. The highest BCUT2D eigenvalue weighted by Gasteiger charge is 2.18. The van der Waals surface area contributed by atoms with E-state index in [0.717, 1.165) is 29.7 Å². The number of carbonyl (C=O) groups excluding carboxylic acids is 1. The van der Waals surface area contributed by atoms with Crippen molar-refractivity contribution >= 4 is 5.97 Å². The molecule has 2 nitrogen and oxygen atoms in total. The van der Waals surface area contributed by atoms with Crippen molar-refractivity contribution in [1.82, 2.24) is 0 Å². The molecule has 0 saturated carbocycles. The molecule has 0 aliphatic rings. The molecule has 0 N–H and O–H groups in total. The number of rotatable bonds is 9. The Morgan fingerprint density at radius 3 is 2.13 bits per heavy atom. The molecule has 5 heteroatoms. The van der Waals surface area contributed by atoms with Crippen molar-refractivity contribution in [2.45, 2.75) is 39.0 Å². The molecule has 1 atom stereocenters. The predicted molar refractivity (Wildman–Crippen MR) is 145 cm³/mol. The summed E-state index contributed by atoms with van der Waals surface area (Å²) in [6, 6.07) is 24.2. The Labute approximate surface area is 221 Å². The van der Waals surface area contributed by atoms with E-state index in [2.05, 4.69) is 19.1 Å². The van der Waals surface area contributed by atoms with Crippen LogP contribution in [0.4, 0.5) is 13.2 Å². The summed E-state index contributed by atoms with van der Waals surface area (Å²) < 4.78 is 48.7. The number of halogens is 3. The molecule has 0 amide bonds. The number of ether oxygens (including phenoxy) is 1. The number of benzene rings is 4. The van der Waals surface area contributed by atoms with E-state index in [4.69, 9.17) is 4.74 Å². The zero-order chi connectivity index (χ0) is 27.1. The number of hydrogen-bond donors (Lipinski definition) is 0. The molecule has 0 heterocycles. The van der Waals surface area contributed by atoms with E-state index >= 15 is 0 Å². The highest BCUT2D eigenvalue weighted by atomic mass is 19.1. The molecular weight excluding hydrogens is 485 g/mol. The van der Waals surface area contributed by atoms with Gasteiger partial charge in [-0.2, -0.15) is 0 Å². The van der Waals surface area contributed by atoms with Crippen LogP contribution in [0.2, 0.25) is 0 Å². The van der Waals surface area contributed by atoms with Crippen LogP contribution in [0.25, 0.3) is 11.1 Å². The smallest absolute Gasteiger partial charge is 0.346 e. The summed E-state index contributed by atoms with van der Waals surface area (Å²) >= 11 is 0. The van der Waals surface area contributed by atoms with E-state index < -0.39 is 23.4 Å². The minimum Gasteiger partial charge on any atom is -0.423 e. The van der Waals surface area contributed by atoms with Gasteiger partial charge in [-0.15, -0.1) is 0 Å². The van der Waals surface area contributed by atoms with Gasteiger partial charge in [-0.1, -0.05) is 79.7 Å². The molecule has 0 bridgehead atoms. The van der Waals surface area contributed by atoms with Crippen LogP contribution >= 0.6 is 0 Å². The molecule has 0 aliphatic carbocycles. The molecule has 0 unspecified atom stereocenters. The monoisotopic (exact) mass is 514 g/mol. The van der Waals surface area contributed by atoms with Gasteiger partial charge in [0.25, 0.3) is 0 Å². The van der Waals surface area contributed by atoms with E-state index in [-0.39, 0.29) is 23.3 Å². The van der Waals surface area contributed by atoms with Crippen LogP contribution in [0.5, 0.6) is 5.75 Å². The van der Waals surface area contributed by atoms with Gasteiger partial charge in [0.2, 0.25) is 0 Å². The maximum atomic E-state index is 14.9. The zero-order valence-corrected chi connectivity index (χ0v) is 21.4. The third kappa shape index (κ3) is 6.60. The summed E-state index contributed by atoms with van der Waals surface area (Å²) in [4.78, 5) is 12.5. The summed E-state index contributed by atoms with van der Waals surface area (Å²) in [7, 11) is 0. The summed E-state index contributed by atoms with van der Waals surface area (Å²) in [6.45, 7) is 4.00. The normalized spacial score (nSPS) is 12.0. The lowest BCUT2D eigenvalue weighted by Gasteiger charge is -2.13. The number of esters is 1. The van der Waals surface area contributed by atoms with Crippen molar-refractivity contribution in [3.8, 4) is 16.9 Å². The lowest BCUT2D eigenvalue weighted by molar-refractivity contribution is 0.0729. The van der Waals surface area contributed by atoms with E-state index in [1.165, 1.54) is 17.7 Å². The topological polar surface area (TPSA) is 26.3 Å². The van der Waals surface area contributed by atoms with Gasteiger partial charge >= 0.3 is 5.97 Å². The van der Waals surface area contributed by atoms with Crippen LogP contribution in [0.1, 0.15) is 53.2 Å². The fourth-order valence-corrected chi connectivity index (χ4v) is 4.38. The lowest BCUT2D eigenvalue weighted by atomic mass is 9.93. The standard InChI is InChI=1S/C33H29F3O2/c1-3-4-6-11-28-31(35)20-27(21-32(28)36)38-33(37)29-17-16-26(19-30(29)34)25-14-12-23(13-15-25)18-22(2)24-9-7-5-8-10-24/h3-5,7-10,12-17,19-22H,6,11,18H2,1-2H3/t22-/m1/s1. The Kier molecular flexibility index (Phi) is 8.80. The largest absolute Gasteiger partial charge is 0.423 e. The maximum Gasteiger partial charge on any atom is 0.346 e. The highest BCUT2D eigenvalue weighted by Crippen LogP contribution is 2.27. The number of allylic oxidation sites excluding steroid dienone is 2. The van der Waals surface area contributed by atoms with Crippen LogP contribution < -0.4 is 4.74 Å². The predicted octanol–water partition coefficient (Wildman–Crippen LogP) is 8.85. The SMILES string of the molecule is CC=CCCc1c(F)cc(OC(=O)c2ccc(-c3ccc(C[C@@H](C)c4ccccc4)cc3)cc2F)cc1F. The van der Waals surface area contributed by atoms with Gasteiger partial charge < -0.3 is 4.74 Å². The Hall–Kier alpha value is -4.12. The quantitative estimate of drug-likeness (QED) is 0.127. The van der Waals surface area contributed by atoms with Crippen LogP contribution in [0.3, 0.4) is 0 Å². The second-order valence-corrected chi connectivity index (χ2v) is 9.27. The van der Waals surface area contributed by atoms with Gasteiger partial charge in [-0.3, -0.25) is 0 Å². The number of carbonyl (C=O) groups is 1. The zero-order valence-electron chi connectivity index (χ0n) is 21.4. The Balaban J connectivity index is 1.43. The van der Waals surface area contributed by atoms with Gasteiger partial charge in [-0.05, 0) is 66.5 Å². The van der Waals surface area contributed by atoms with Crippen LogP contribution in [0, 0.1) is 17.5 Å². The molecule has 4 aromatic carbocycles. The van der Waals surface area contributed by atoms with E-state index in [0.29, 0.717) is 17.9 Å². The van der Waals surface area contributed by atoms with Crippen LogP contribution in [-0.2, 0) is 12.8 Å². The molecule has 0 saturated heterocycles. The summed E-state index contributed by atoms with van der Waals surface area (Å²) in [5.41, 5.74) is 3.44. The van der Waals surface area contributed by atoms with Crippen molar-refractivity contribution in [1.29, 1.82) is 0 Å². The van der Waals surface area contributed by atoms with Gasteiger partial charge in [0, 0.05) is 17.7 Å². The van der Waals surface area contributed by atoms with Gasteiger partial charge in [0.05, 0.1) is 5.56 Å². The first-order valence-electron chi connectivity index (χ1n) is 12.6. The first-order chi connectivity index (χ1) is 18.4. The first-order valence-corrected chi connectivity index (χ1v) is 12.6. The average Bonchev–Trinajstić information content (AvgIpc) is 2.91. The van der Waals surface area contributed by atoms with Gasteiger partial charge in [0.15, 0.2) is 0 Å². The minimum atomic E-state index is -1.03. The molecule has 0 aromatic heterocycles. The molecule has 0 spiro atoms. The molecule has 0 radical (unpaired) electrons. The van der Waals surface area contributed by atoms with E-state index in [1.54, 1.807) is 18.2 Å². The second-order valence-electron chi connectivity index (χ2n) is 9.27. The summed E-state index contributed by atoms with van der Waals surface area (Å²) in [5.74, 6) is -3.38. The fraction of sp³-hybridized carbons (Fsp3) is 0.182. The fourth-order valence-electron chi connectivity index (χ4n) is 4.38. The molecule has 4 rings (SSSR count). The second kappa shape index (κ2) is 12.4. The van der Waals surface area contributed by atoms with Crippen molar-refractivity contribution in [3.05, 3.63) is 137 Å². The third-order valence-corrected chi connectivity index (χ3v) is 6.51. The number of hydrogen-bond acceptors (Lipinski definition) is 2. The first kappa shape index (κ1) is 26.9. The highest BCUT2D eigenvalue weighted by molar-refractivity contribution is 5.92. The van der Waals surface area contributed by atoms with Crippen LogP contribution in [0.15, 0.2) is 97.1 Å². The van der Waals surface area contributed by atoms with Crippen molar-refractivity contribution in [2.24, 2.45) is 0 Å². The molecule has 0 fully saturated rings. The summed E-state index contributed by atoms with van der Waals surface area (Å²) in [6.07, 6.45) is 5.14. The summed E-state index contributed by atoms with van der Waals surface area (Å²) in [5, 5.41) is 0. The van der Waals surface area contributed by atoms with E-state index in [1.807, 2.05) is 49.4 Å². The Bertz CT molecular complexity index is 1400. The molecule has 194 valence electrons. The van der Waals surface area contributed by atoms with Crippen molar-refractivity contribution in [3.63, 3.8) is 0 Å². The molecule has 38 heavy (non-hydrogen) atoms. The molecule has 4 aromatic rings. The van der Waals surface area contributed by atoms with Crippen molar-refractivity contribution < 1.29 is 22.7 Å². The van der Waals surface area contributed by atoms with Crippen LogP contribution in [-0.4, -0.2) is 5.97 Å². The molecular formula is C33H29F3O2. The van der Waals surface area contributed by atoms with Crippen molar-refractivity contribution in [2.75, 3.05) is 0 Å². The third-order valence-electron chi connectivity index (χ3n) is 6.51. The van der Waals surface area contributed by atoms with E-state index in [9.17, 15) is 18.0 Å². The maximum absolute atomic E-state index is 14.9. The minimum absolute atomic E-state index is 0.0843.